The monoisotopic (exact) mass is 595 g/mol. The third-order valence-corrected chi connectivity index (χ3v) is 8.68. The van der Waals surface area contributed by atoms with Gasteiger partial charge in [-0.2, -0.15) is 0 Å². The van der Waals surface area contributed by atoms with E-state index in [-0.39, 0.29) is 12.8 Å². The topological polar surface area (TPSA) is 94.8 Å². The molecule has 2 atom stereocenters. The molecule has 1 unspecified atom stereocenters. The molecule has 0 fully saturated rings. The molecule has 0 bridgehead atoms. The summed E-state index contributed by atoms with van der Waals surface area (Å²) in [5.74, 6) is -1.30. The van der Waals surface area contributed by atoms with Crippen molar-refractivity contribution in [3.63, 3.8) is 0 Å². The molecule has 0 heterocycles. The second-order valence-electron chi connectivity index (χ2n) is 12.6. The molecule has 0 radical (unpaired) electrons. The van der Waals surface area contributed by atoms with Crippen molar-refractivity contribution in [1.29, 1.82) is 0 Å². The smallest absolute Gasteiger partial charge is 0.209 e. The molecule has 42 heavy (non-hydrogen) atoms. The molecular weight excluding hydrogens is 524 g/mol. The van der Waals surface area contributed by atoms with E-state index < -0.39 is 29.9 Å². The van der Waals surface area contributed by atoms with Crippen molar-refractivity contribution < 1.29 is 24.9 Å². The van der Waals surface area contributed by atoms with Gasteiger partial charge in [-0.1, -0.05) is 154 Å². The van der Waals surface area contributed by atoms with Crippen molar-refractivity contribution in [2.45, 2.75) is 205 Å². The van der Waals surface area contributed by atoms with Gasteiger partial charge in [0.2, 0.25) is 5.60 Å². The minimum Gasteiger partial charge on any atom is -0.394 e. The molecule has 248 valence electrons. The van der Waals surface area contributed by atoms with Gasteiger partial charge in [0, 0.05) is 12.8 Å². The van der Waals surface area contributed by atoms with E-state index in [0.29, 0.717) is 12.8 Å². The number of hydrogen-bond donors (Lipinski definition) is 3. The third kappa shape index (κ3) is 21.6. The molecule has 0 rings (SSSR count). The fraction of sp³-hybridized carbons (Fsp3) is 0.892. The van der Waals surface area contributed by atoms with Gasteiger partial charge in [0.05, 0.1) is 6.61 Å². The van der Waals surface area contributed by atoms with Gasteiger partial charge in [-0.15, -0.1) is 0 Å². The Balaban J connectivity index is 4.01. The second kappa shape index (κ2) is 30.0. The number of unbranched alkanes of at least 4 members (excludes halogenated alkanes) is 23. The summed E-state index contributed by atoms with van der Waals surface area (Å²) in [6.45, 7) is 3.69. The number of hydrogen-bond acceptors (Lipinski definition) is 5. The van der Waals surface area contributed by atoms with Crippen molar-refractivity contribution in [2.24, 2.45) is 0 Å². The quantitative estimate of drug-likeness (QED) is 0.0399. The summed E-state index contributed by atoms with van der Waals surface area (Å²) in [7, 11) is 0. The lowest BCUT2D eigenvalue weighted by atomic mass is 9.82. The first-order valence-corrected chi connectivity index (χ1v) is 18.2. The van der Waals surface area contributed by atoms with E-state index in [1.54, 1.807) is 0 Å². The van der Waals surface area contributed by atoms with Crippen molar-refractivity contribution in [1.82, 2.24) is 0 Å². The zero-order valence-electron chi connectivity index (χ0n) is 27.9. The summed E-state index contributed by atoms with van der Waals surface area (Å²) in [6, 6.07) is 0. The number of allylic oxidation sites excluding steroid dienone is 2. The lowest BCUT2D eigenvalue weighted by Crippen LogP contribution is -2.57. The molecule has 0 aliphatic rings. The Morgan fingerprint density at radius 1 is 0.524 bits per heavy atom. The molecule has 0 amide bonds. The summed E-state index contributed by atoms with van der Waals surface area (Å²) in [4.78, 5) is 25.6. The molecule has 0 spiro atoms. The average molecular weight is 595 g/mol. The molecule has 5 nitrogen and oxygen atoms in total. The van der Waals surface area contributed by atoms with Crippen molar-refractivity contribution in [2.75, 3.05) is 6.61 Å². The first kappa shape index (κ1) is 41.0. The average Bonchev–Trinajstić information content (AvgIpc) is 3.00. The van der Waals surface area contributed by atoms with Crippen LogP contribution in [0.3, 0.4) is 0 Å². The fourth-order valence-electron chi connectivity index (χ4n) is 5.70. The van der Waals surface area contributed by atoms with Gasteiger partial charge >= 0.3 is 0 Å². The zero-order valence-corrected chi connectivity index (χ0v) is 27.9. The van der Waals surface area contributed by atoms with Gasteiger partial charge in [0.15, 0.2) is 11.6 Å². The summed E-state index contributed by atoms with van der Waals surface area (Å²) >= 11 is 0. The highest BCUT2D eigenvalue weighted by Crippen LogP contribution is 2.22. The summed E-state index contributed by atoms with van der Waals surface area (Å²) < 4.78 is 0. The fourth-order valence-corrected chi connectivity index (χ4v) is 5.70. The van der Waals surface area contributed by atoms with Crippen LogP contribution >= 0.6 is 0 Å². The lowest BCUT2D eigenvalue weighted by Gasteiger charge is -2.29. The molecule has 5 heteroatoms. The number of rotatable bonds is 33. The molecule has 3 N–H and O–H groups in total. The molecule has 0 saturated heterocycles. The van der Waals surface area contributed by atoms with Crippen LogP contribution in [0.2, 0.25) is 0 Å². The van der Waals surface area contributed by atoms with E-state index >= 15 is 0 Å². The van der Waals surface area contributed by atoms with Gasteiger partial charge < -0.3 is 15.3 Å². The van der Waals surface area contributed by atoms with Crippen molar-refractivity contribution in [3.8, 4) is 0 Å². The maximum Gasteiger partial charge on any atom is 0.209 e. The van der Waals surface area contributed by atoms with Gasteiger partial charge in [0.1, 0.15) is 6.10 Å². The van der Waals surface area contributed by atoms with E-state index in [1.165, 1.54) is 103 Å². The Hall–Kier alpha value is -1.04. The summed E-state index contributed by atoms with van der Waals surface area (Å²) in [6.07, 6.45) is 33.3. The third-order valence-electron chi connectivity index (χ3n) is 8.68. The maximum atomic E-state index is 12.8. The molecular formula is C37H70O5. The van der Waals surface area contributed by atoms with E-state index in [1.807, 2.05) is 0 Å². The minimum atomic E-state index is -2.48. The highest BCUT2D eigenvalue weighted by Gasteiger charge is 2.48. The molecule has 0 aromatic rings. The van der Waals surface area contributed by atoms with Crippen molar-refractivity contribution in [3.05, 3.63) is 12.2 Å². The molecule has 0 aliphatic carbocycles. The van der Waals surface area contributed by atoms with E-state index in [9.17, 15) is 24.9 Å². The summed E-state index contributed by atoms with van der Waals surface area (Å²) in [5.41, 5.74) is -2.48. The highest BCUT2D eigenvalue weighted by atomic mass is 16.4. The standard InChI is InChI=1S/C37H70O5/c1-3-5-7-9-11-13-15-17-18-20-22-24-26-28-30-32-35(40)37(42,36(41)33-38)34(39)31-29-27-25-23-21-19-16-14-12-10-8-6-4-2/h17-18,36,38,41-42H,3-16,19-33H2,1-2H3/b18-17-/t36-,37?/m0/s1. The van der Waals surface area contributed by atoms with Crippen molar-refractivity contribution >= 4 is 11.6 Å². The molecule has 0 aromatic carbocycles. The Labute approximate surface area is 260 Å². The first-order valence-electron chi connectivity index (χ1n) is 18.2. The number of ketones is 2. The minimum absolute atomic E-state index is 0.0516. The van der Waals surface area contributed by atoms with E-state index in [0.717, 1.165) is 51.4 Å². The van der Waals surface area contributed by atoms with Gasteiger partial charge in [0.25, 0.3) is 0 Å². The first-order chi connectivity index (χ1) is 20.4. The lowest BCUT2D eigenvalue weighted by molar-refractivity contribution is -0.166. The van der Waals surface area contributed by atoms with Crippen LogP contribution in [0.5, 0.6) is 0 Å². The highest BCUT2D eigenvalue weighted by molar-refractivity contribution is 6.10. The number of carbonyl (C=O) groups is 2. The Kier molecular flexibility index (Phi) is 29.3. The van der Waals surface area contributed by atoms with Crippen LogP contribution in [0.15, 0.2) is 12.2 Å². The number of Topliss-reactive ketones (excluding diaryl/α,β-unsaturated/α-hetero) is 2. The predicted octanol–water partition coefficient (Wildman–Crippen LogP) is 9.73. The Morgan fingerprint density at radius 3 is 1.12 bits per heavy atom. The van der Waals surface area contributed by atoms with Crippen LogP contribution in [0, 0.1) is 0 Å². The molecule has 0 saturated carbocycles. The van der Waals surface area contributed by atoms with Gasteiger partial charge in [-0.25, -0.2) is 0 Å². The Morgan fingerprint density at radius 2 is 0.810 bits per heavy atom. The predicted molar refractivity (Wildman–Crippen MR) is 178 cm³/mol. The summed E-state index contributed by atoms with van der Waals surface area (Å²) in [5, 5.41) is 30.5. The Bertz CT molecular complexity index is 646. The maximum absolute atomic E-state index is 12.8. The number of carbonyl (C=O) groups excluding carboxylic acids is 2. The zero-order chi connectivity index (χ0) is 31.2. The number of aliphatic hydroxyl groups excluding tert-OH is 2. The van der Waals surface area contributed by atoms with Crippen LogP contribution in [-0.4, -0.2) is 45.2 Å². The van der Waals surface area contributed by atoms with Crippen LogP contribution in [0.4, 0.5) is 0 Å². The van der Waals surface area contributed by atoms with Crippen LogP contribution < -0.4 is 0 Å². The van der Waals surface area contributed by atoms with Crippen LogP contribution in [-0.2, 0) is 9.59 Å². The molecule has 0 aliphatic heterocycles. The van der Waals surface area contributed by atoms with Crippen LogP contribution in [0.25, 0.3) is 0 Å². The van der Waals surface area contributed by atoms with Crippen LogP contribution in [0.1, 0.15) is 194 Å². The molecule has 0 aromatic heterocycles. The largest absolute Gasteiger partial charge is 0.394 e. The number of aliphatic hydroxyl groups is 3. The normalized spacial score (nSPS) is 13.9. The second-order valence-corrected chi connectivity index (χ2v) is 12.6. The SMILES string of the molecule is CCCCCCCC/C=C\CCCCCCCC(=O)C(O)(C(=O)CCCCCCCCCCCCCCC)[C@@H](O)CO. The van der Waals surface area contributed by atoms with Gasteiger partial charge in [-0.05, 0) is 38.5 Å². The van der Waals surface area contributed by atoms with E-state index in [4.69, 9.17) is 0 Å². The van der Waals surface area contributed by atoms with Gasteiger partial charge in [-0.3, -0.25) is 9.59 Å². The van der Waals surface area contributed by atoms with E-state index in [2.05, 4.69) is 26.0 Å².